The number of para-hydroxylation sites is 2. The molecule has 6 heteroatoms. The van der Waals surface area contributed by atoms with Gasteiger partial charge >= 0.3 is 0 Å². The molecule has 0 spiro atoms. The van der Waals surface area contributed by atoms with Crippen molar-refractivity contribution in [1.82, 2.24) is 9.97 Å². The van der Waals surface area contributed by atoms with Crippen molar-refractivity contribution in [3.05, 3.63) is 60.4 Å². The normalized spacial score (nSPS) is 10.4. The molecule has 0 atom stereocenters. The molecule has 6 nitrogen and oxygen atoms in total. The Bertz CT molecular complexity index is 866. The zero-order chi connectivity index (χ0) is 18.4. The van der Waals surface area contributed by atoms with Crippen molar-refractivity contribution >= 4 is 17.2 Å². The van der Waals surface area contributed by atoms with E-state index < -0.39 is 0 Å². The van der Waals surface area contributed by atoms with Gasteiger partial charge in [0.25, 0.3) is 0 Å². The first kappa shape index (κ1) is 17.5. The minimum atomic E-state index is 0.306. The lowest BCUT2D eigenvalue weighted by molar-refractivity contribution is 0.342. The fourth-order valence-corrected chi connectivity index (χ4v) is 2.44. The molecule has 0 bridgehead atoms. The minimum Gasteiger partial charge on any atom is -0.492 e. The Labute approximate surface area is 153 Å². The van der Waals surface area contributed by atoms with Gasteiger partial charge in [-0.3, -0.25) is 0 Å². The van der Waals surface area contributed by atoms with E-state index in [1.807, 2.05) is 55.5 Å². The second kappa shape index (κ2) is 8.20. The summed E-state index contributed by atoms with van der Waals surface area (Å²) < 4.78 is 11.4. The highest BCUT2D eigenvalue weighted by Gasteiger charge is 2.12. The molecule has 0 radical (unpaired) electrons. The molecular formula is C20H22N4O2. The molecule has 2 aromatic carbocycles. The van der Waals surface area contributed by atoms with Gasteiger partial charge in [0.1, 0.15) is 23.5 Å². The van der Waals surface area contributed by atoms with Crippen LogP contribution in [0.2, 0.25) is 0 Å². The van der Waals surface area contributed by atoms with Gasteiger partial charge in [0.15, 0.2) is 5.82 Å². The quantitative estimate of drug-likeness (QED) is 0.650. The highest BCUT2D eigenvalue weighted by molar-refractivity contribution is 5.74. The summed E-state index contributed by atoms with van der Waals surface area (Å²) in [5, 5.41) is 3.19. The topological polar surface area (TPSA) is 82.3 Å². The summed E-state index contributed by atoms with van der Waals surface area (Å²) >= 11 is 0. The molecule has 0 aliphatic heterocycles. The minimum absolute atomic E-state index is 0.306. The highest BCUT2D eigenvalue weighted by atomic mass is 16.5. The lowest BCUT2D eigenvalue weighted by Crippen LogP contribution is -2.04. The molecule has 0 aliphatic carbocycles. The number of rotatable bonds is 7. The molecule has 3 N–H and O–H groups in total. The van der Waals surface area contributed by atoms with Crippen LogP contribution in [0.25, 0.3) is 0 Å². The van der Waals surface area contributed by atoms with Gasteiger partial charge in [-0.1, -0.05) is 31.2 Å². The summed E-state index contributed by atoms with van der Waals surface area (Å²) in [5.41, 5.74) is 8.55. The van der Waals surface area contributed by atoms with E-state index >= 15 is 0 Å². The predicted molar refractivity (Wildman–Crippen MR) is 103 cm³/mol. The van der Waals surface area contributed by atoms with Crippen LogP contribution in [0.4, 0.5) is 17.2 Å². The van der Waals surface area contributed by atoms with E-state index in [2.05, 4.69) is 22.2 Å². The zero-order valence-corrected chi connectivity index (χ0v) is 14.9. The smallest absolute Gasteiger partial charge is 0.248 e. The molecule has 1 heterocycles. The van der Waals surface area contributed by atoms with Gasteiger partial charge in [0.05, 0.1) is 12.3 Å². The number of hydrogen-bond donors (Lipinski definition) is 2. The third-order valence-corrected chi connectivity index (χ3v) is 3.83. The maximum atomic E-state index is 6.21. The first-order valence-corrected chi connectivity index (χ1v) is 8.57. The van der Waals surface area contributed by atoms with Crippen LogP contribution in [0, 0.1) is 0 Å². The van der Waals surface area contributed by atoms with E-state index in [4.69, 9.17) is 15.2 Å². The van der Waals surface area contributed by atoms with Crippen LogP contribution in [0.5, 0.6) is 17.4 Å². The van der Waals surface area contributed by atoms with Crippen molar-refractivity contribution in [2.75, 3.05) is 17.7 Å². The van der Waals surface area contributed by atoms with Gasteiger partial charge in [-0.2, -0.15) is 4.98 Å². The summed E-state index contributed by atoms with van der Waals surface area (Å²) in [6.45, 7) is 4.61. The maximum Gasteiger partial charge on any atom is 0.248 e. The van der Waals surface area contributed by atoms with Crippen molar-refractivity contribution in [3.8, 4) is 17.4 Å². The Balaban J connectivity index is 1.83. The molecular weight excluding hydrogens is 328 g/mol. The standard InChI is InChI=1S/C20H22N4O2/c1-3-14-9-11-15(12-10-14)26-20-18(21)19(22-13-23-20)24-16-7-5-6-8-17(16)25-4-2/h5-13H,3-4,21H2,1-2H3,(H,22,23,24). The second-order valence-corrected chi connectivity index (χ2v) is 5.59. The van der Waals surface area contributed by atoms with Gasteiger partial charge in [0.2, 0.25) is 5.88 Å². The number of aryl methyl sites for hydroxylation is 1. The molecule has 0 fully saturated rings. The van der Waals surface area contributed by atoms with Crippen molar-refractivity contribution < 1.29 is 9.47 Å². The molecule has 0 saturated heterocycles. The number of nitrogens with zero attached hydrogens (tertiary/aromatic N) is 2. The SMILES string of the molecule is CCOc1ccccc1Nc1ncnc(Oc2ccc(CC)cc2)c1N. The number of anilines is 3. The number of hydrogen-bond acceptors (Lipinski definition) is 6. The molecule has 0 amide bonds. The largest absolute Gasteiger partial charge is 0.492 e. The fourth-order valence-electron chi connectivity index (χ4n) is 2.44. The summed E-state index contributed by atoms with van der Waals surface area (Å²) in [7, 11) is 0. The first-order valence-electron chi connectivity index (χ1n) is 8.57. The molecule has 1 aromatic heterocycles. The van der Waals surface area contributed by atoms with E-state index in [1.165, 1.54) is 11.9 Å². The number of benzene rings is 2. The van der Waals surface area contributed by atoms with E-state index in [0.29, 0.717) is 29.7 Å². The van der Waals surface area contributed by atoms with E-state index in [-0.39, 0.29) is 0 Å². The van der Waals surface area contributed by atoms with Crippen LogP contribution in [-0.4, -0.2) is 16.6 Å². The number of ether oxygens (including phenoxy) is 2. The average molecular weight is 350 g/mol. The average Bonchev–Trinajstić information content (AvgIpc) is 2.67. The van der Waals surface area contributed by atoms with Crippen LogP contribution in [0.3, 0.4) is 0 Å². The molecule has 3 aromatic rings. The third kappa shape index (κ3) is 4.03. The monoisotopic (exact) mass is 350 g/mol. The number of nitrogens with one attached hydrogen (secondary N) is 1. The van der Waals surface area contributed by atoms with Crippen molar-refractivity contribution in [3.63, 3.8) is 0 Å². The van der Waals surface area contributed by atoms with Crippen molar-refractivity contribution in [2.45, 2.75) is 20.3 Å². The zero-order valence-electron chi connectivity index (χ0n) is 14.9. The molecule has 0 aliphatic rings. The van der Waals surface area contributed by atoms with Gasteiger partial charge in [-0.25, -0.2) is 4.98 Å². The molecule has 0 saturated carbocycles. The van der Waals surface area contributed by atoms with Crippen molar-refractivity contribution in [1.29, 1.82) is 0 Å². The van der Waals surface area contributed by atoms with E-state index in [9.17, 15) is 0 Å². The second-order valence-electron chi connectivity index (χ2n) is 5.59. The number of aromatic nitrogens is 2. The van der Waals surface area contributed by atoms with E-state index in [0.717, 1.165) is 17.9 Å². The summed E-state index contributed by atoms with van der Waals surface area (Å²) in [5.74, 6) is 2.17. The highest BCUT2D eigenvalue weighted by Crippen LogP contribution is 2.33. The lowest BCUT2D eigenvalue weighted by Gasteiger charge is -2.14. The molecule has 134 valence electrons. The molecule has 3 rings (SSSR count). The first-order chi connectivity index (χ1) is 12.7. The fraction of sp³-hybridized carbons (Fsp3) is 0.200. The van der Waals surface area contributed by atoms with Gasteiger partial charge in [0, 0.05) is 0 Å². The maximum absolute atomic E-state index is 6.21. The van der Waals surface area contributed by atoms with Gasteiger partial charge < -0.3 is 20.5 Å². The van der Waals surface area contributed by atoms with Crippen LogP contribution in [0.1, 0.15) is 19.4 Å². The van der Waals surface area contributed by atoms with Gasteiger partial charge in [-0.05, 0) is 43.2 Å². The predicted octanol–water partition coefficient (Wildman–Crippen LogP) is 4.56. The number of nitrogens with two attached hydrogens (primary N) is 1. The third-order valence-electron chi connectivity index (χ3n) is 3.83. The van der Waals surface area contributed by atoms with E-state index in [1.54, 1.807) is 0 Å². The van der Waals surface area contributed by atoms with Crippen LogP contribution in [-0.2, 0) is 6.42 Å². The van der Waals surface area contributed by atoms with Crippen LogP contribution in [0.15, 0.2) is 54.9 Å². The Morgan fingerprint density at radius 1 is 1.00 bits per heavy atom. The number of nitrogen functional groups attached to an aromatic ring is 1. The van der Waals surface area contributed by atoms with Crippen LogP contribution >= 0.6 is 0 Å². The Kier molecular flexibility index (Phi) is 5.53. The Morgan fingerprint density at radius 3 is 2.50 bits per heavy atom. The molecule has 0 unspecified atom stereocenters. The summed E-state index contributed by atoms with van der Waals surface area (Å²) in [6, 6.07) is 15.4. The summed E-state index contributed by atoms with van der Waals surface area (Å²) in [6.07, 6.45) is 2.39. The molecule has 26 heavy (non-hydrogen) atoms. The Hall–Kier alpha value is -3.28. The van der Waals surface area contributed by atoms with Crippen LogP contribution < -0.4 is 20.5 Å². The summed E-state index contributed by atoms with van der Waals surface area (Å²) in [4.78, 5) is 8.37. The van der Waals surface area contributed by atoms with Crippen molar-refractivity contribution in [2.24, 2.45) is 0 Å². The lowest BCUT2D eigenvalue weighted by atomic mass is 10.2. The van der Waals surface area contributed by atoms with Gasteiger partial charge in [-0.15, -0.1) is 0 Å². The Morgan fingerprint density at radius 2 is 1.77 bits per heavy atom.